The minimum Gasteiger partial charge on any atom is -0.481 e. The lowest BCUT2D eigenvalue weighted by Crippen LogP contribution is -1.78. The maximum Gasteiger partial charge on any atom is 0.316 e. The molecular weight excluding hydrogens is 187 g/mol. The predicted octanol–water partition coefficient (Wildman–Crippen LogP) is 0.440. The van der Waals surface area contributed by atoms with Gasteiger partial charge in [0, 0.05) is 6.92 Å². The fourth-order valence-corrected chi connectivity index (χ4v) is 0. The minimum atomic E-state index is -0.833. The second-order valence-electron chi connectivity index (χ2n) is 0.519. The van der Waals surface area contributed by atoms with Crippen molar-refractivity contribution in [3.05, 3.63) is 0 Å². The molecule has 0 heterocycles. The third kappa shape index (κ3) is 217. The molecule has 2 nitrogen and oxygen atoms in total. The molecule has 0 unspecified atom stereocenters. The zero-order valence-electron chi connectivity index (χ0n) is 3.58. The molecule has 0 fully saturated rings. The highest BCUT2D eigenvalue weighted by Crippen LogP contribution is 1.42. The van der Waals surface area contributed by atoms with Crippen molar-refractivity contribution in [1.82, 2.24) is 0 Å². The smallest absolute Gasteiger partial charge is 0.316 e. The summed E-state index contributed by atoms with van der Waals surface area (Å²) in [6.45, 7) is 1.08. The molecule has 0 rings (SSSR count). The van der Waals surface area contributed by atoms with Gasteiger partial charge in [0.25, 0.3) is 5.97 Å². The van der Waals surface area contributed by atoms with Crippen molar-refractivity contribution < 1.29 is 9.90 Å². The molecule has 6 heteroatoms. The fraction of sp³-hybridized carbons (Fsp3) is 0.500. The molecular formula is C2H9Cl3MgO2. The molecule has 0 spiro atoms. The highest BCUT2D eigenvalue weighted by Gasteiger charge is 1.65. The first-order valence-electron chi connectivity index (χ1n) is 0.928. The molecule has 0 saturated heterocycles. The Bertz CT molecular complexity index is 38.3. The van der Waals surface area contributed by atoms with Gasteiger partial charge in [-0.3, -0.25) is 4.79 Å². The third-order valence-electron chi connectivity index (χ3n) is 0. The lowest BCUT2D eigenvalue weighted by atomic mass is 10.9. The van der Waals surface area contributed by atoms with Gasteiger partial charge in [0.1, 0.15) is 0 Å². The van der Waals surface area contributed by atoms with E-state index >= 15 is 0 Å². The summed E-state index contributed by atoms with van der Waals surface area (Å²) >= 11 is 0. The van der Waals surface area contributed by atoms with E-state index in [1.807, 2.05) is 0 Å². The Hall–Kier alpha value is 1.11. The SMILES string of the molecule is CC(=O)O.Cl.Cl.Cl.[MgH2]. The second kappa shape index (κ2) is 24.3. The quantitative estimate of drug-likeness (QED) is 0.570. The van der Waals surface area contributed by atoms with E-state index in [-0.39, 0.29) is 60.3 Å². The van der Waals surface area contributed by atoms with Crippen LogP contribution in [0.2, 0.25) is 0 Å². The monoisotopic (exact) mass is 194 g/mol. The molecule has 8 heavy (non-hydrogen) atoms. The van der Waals surface area contributed by atoms with Crippen LogP contribution >= 0.6 is 37.2 Å². The first-order chi connectivity index (χ1) is 1.73. The van der Waals surface area contributed by atoms with Crippen LogP contribution in [0.1, 0.15) is 6.92 Å². The molecule has 1 N–H and O–H groups in total. The van der Waals surface area contributed by atoms with Crippen LogP contribution < -0.4 is 0 Å². The van der Waals surface area contributed by atoms with E-state index in [1.165, 1.54) is 0 Å². The van der Waals surface area contributed by atoms with Crippen LogP contribution in [0, 0.1) is 0 Å². The standard InChI is InChI=1S/C2H4O2.3ClH.Mg.2H/c1-2(3)4;;;;;;/h1H3,(H,3,4);3*1H;;;. The van der Waals surface area contributed by atoms with Crippen LogP contribution in [0.15, 0.2) is 0 Å². The van der Waals surface area contributed by atoms with Crippen LogP contribution in [-0.4, -0.2) is 34.1 Å². The molecule has 0 atom stereocenters. The van der Waals surface area contributed by atoms with Gasteiger partial charge >= 0.3 is 23.1 Å². The Labute approximate surface area is 82.8 Å². The van der Waals surface area contributed by atoms with Crippen molar-refractivity contribution in [3.63, 3.8) is 0 Å². The fourth-order valence-electron chi connectivity index (χ4n) is 0. The topological polar surface area (TPSA) is 37.3 Å². The normalized spacial score (nSPS) is 3.12. The molecule has 0 aliphatic rings. The van der Waals surface area contributed by atoms with Crippen LogP contribution in [0.25, 0.3) is 0 Å². The Morgan fingerprint density at radius 3 is 1.25 bits per heavy atom. The van der Waals surface area contributed by atoms with E-state index in [1.54, 1.807) is 0 Å². The number of rotatable bonds is 0. The number of carboxylic acids is 1. The van der Waals surface area contributed by atoms with Gasteiger partial charge < -0.3 is 5.11 Å². The molecule has 0 aromatic heterocycles. The third-order valence-corrected chi connectivity index (χ3v) is 0. The first kappa shape index (κ1) is 35.5. The van der Waals surface area contributed by atoms with Crippen molar-refractivity contribution in [2.45, 2.75) is 6.92 Å². The number of carboxylic acid groups (broad SMARTS) is 1. The average Bonchev–Trinajstić information content (AvgIpc) is 0.811. The average molecular weight is 196 g/mol. The highest BCUT2D eigenvalue weighted by atomic mass is 35.5. The summed E-state index contributed by atoms with van der Waals surface area (Å²) in [5.74, 6) is -0.833. The summed E-state index contributed by atoms with van der Waals surface area (Å²) < 4.78 is 0. The van der Waals surface area contributed by atoms with E-state index in [0.717, 1.165) is 6.92 Å². The van der Waals surface area contributed by atoms with Gasteiger partial charge in [0.15, 0.2) is 0 Å². The maximum atomic E-state index is 9.00. The van der Waals surface area contributed by atoms with Gasteiger partial charge in [-0.1, -0.05) is 0 Å². The zero-order valence-corrected chi connectivity index (χ0v) is 6.03. The molecule has 0 saturated carbocycles. The lowest BCUT2D eigenvalue weighted by Gasteiger charge is -1.59. The van der Waals surface area contributed by atoms with E-state index in [9.17, 15) is 0 Å². The maximum absolute atomic E-state index is 9.00. The lowest BCUT2D eigenvalue weighted by molar-refractivity contribution is -0.134. The Morgan fingerprint density at radius 2 is 1.25 bits per heavy atom. The van der Waals surface area contributed by atoms with Crippen molar-refractivity contribution in [1.29, 1.82) is 0 Å². The van der Waals surface area contributed by atoms with E-state index in [2.05, 4.69) is 0 Å². The van der Waals surface area contributed by atoms with Crippen LogP contribution in [-0.2, 0) is 4.79 Å². The number of halogens is 3. The largest absolute Gasteiger partial charge is 0.481 e. The number of aliphatic carboxylic acids is 1. The number of carbonyl (C=O) groups is 1. The molecule has 0 aromatic rings. The minimum absolute atomic E-state index is 0. The van der Waals surface area contributed by atoms with Gasteiger partial charge in [-0.15, -0.1) is 37.2 Å². The predicted molar refractivity (Wildman–Crippen MR) is 43.6 cm³/mol. The molecule has 0 aromatic carbocycles. The summed E-state index contributed by atoms with van der Waals surface area (Å²) in [4.78, 5) is 9.00. The van der Waals surface area contributed by atoms with Gasteiger partial charge in [-0.05, 0) is 0 Å². The highest BCUT2D eigenvalue weighted by molar-refractivity contribution is 5.86. The molecule has 0 aliphatic carbocycles. The molecule has 0 aliphatic heterocycles. The number of hydrogen-bond donors (Lipinski definition) is 1. The Kier molecular flexibility index (Phi) is 108. The van der Waals surface area contributed by atoms with Crippen molar-refractivity contribution in [2.75, 3.05) is 0 Å². The van der Waals surface area contributed by atoms with Gasteiger partial charge in [0.05, 0.1) is 0 Å². The first-order valence-corrected chi connectivity index (χ1v) is 0.928. The Balaban J connectivity index is -0.00000000750. The van der Waals surface area contributed by atoms with Crippen LogP contribution in [0.5, 0.6) is 0 Å². The summed E-state index contributed by atoms with van der Waals surface area (Å²) in [6.07, 6.45) is 0. The van der Waals surface area contributed by atoms with Crippen LogP contribution in [0.4, 0.5) is 0 Å². The Morgan fingerprint density at radius 1 is 1.25 bits per heavy atom. The molecule has 52 valence electrons. The summed E-state index contributed by atoms with van der Waals surface area (Å²) in [5.41, 5.74) is 0. The van der Waals surface area contributed by atoms with Crippen LogP contribution in [0.3, 0.4) is 0 Å². The summed E-state index contributed by atoms with van der Waals surface area (Å²) in [7, 11) is 0. The molecule has 0 bridgehead atoms. The number of hydrogen-bond acceptors (Lipinski definition) is 1. The molecule has 0 amide bonds. The van der Waals surface area contributed by atoms with Gasteiger partial charge in [-0.25, -0.2) is 0 Å². The van der Waals surface area contributed by atoms with Crippen molar-refractivity contribution in [3.8, 4) is 0 Å². The van der Waals surface area contributed by atoms with E-state index in [0.29, 0.717) is 0 Å². The summed E-state index contributed by atoms with van der Waals surface area (Å²) in [5, 5.41) is 7.42. The van der Waals surface area contributed by atoms with Gasteiger partial charge in [-0.2, -0.15) is 0 Å². The van der Waals surface area contributed by atoms with E-state index in [4.69, 9.17) is 9.90 Å². The molecule has 0 radical (unpaired) electrons. The van der Waals surface area contributed by atoms with Crippen molar-refractivity contribution in [2.24, 2.45) is 0 Å². The second-order valence-corrected chi connectivity index (χ2v) is 0.519. The van der Waals surface area contributed by atoms with Gasteiger partial charge in [0.2, 0.25) is 0 Å². The summed E-state index contributed by atoms with van der Waals surface area (Å²) in [6, 6.07) is 0. The van der Waals surface area contributed by atoms with E-state index < -0.39 is 5.97 Å². The zero-order chi connectivity index (χ0) is 3.58. The van der Waals surface area contributed by atoms with Crippen molar-refractivity contribution >= 4 is 66.2 Å².